The van der Waals surface area contributed by atoms with Gasteiger partial charge in [-0.3, -0.25) is 9.97 Å². The Labute approximate surface area is 139 Å². The Hall–Kier alpha value is -3.05. The molecule has 2 aromatic heterocycles. The van der Waals surface area contributed by atoms with Crippen molar-refractivity contribution in [3.63, 3.8) is 0 Å². The summed E-state index contributed by atoms with van der Waals surface area (Å²) in [5, 5.41) is 0. The number of para-hydroxylation sites is 2. The van der Waals surface area contributed by atoms with Gasteiger partial charge >= 0.3 is 0 Å². The molecule has 0 bridgehead atoms. The smallest absolute Gasteiger partial charge is 0.133 e. The van der Waals surface area contributed by atoms with Gasteiger partial charge in [0.2, 0.25) is 0 Å². The summed E-state index contributed by atoms with van der Waals surface area (Å²) in [5.41, 5.74) is 10.4. The molecule has 0 aliphatic heterocycles. The first-order valence-corrected chi connectivity index (χ1v) is 7.83. The van der Waals surface area contributed by atoms with Crippen LogP contribution in [-0.4, -0.2) is 19.5 Å². The van der Waals surface area contributed by atoms with E-state index >= 15 is 0 Å². The topological polar surface area (TPSA) is 69.6 Å². The molecule has 5 nitrogen and oxygen atoms in total. The zero-order chi connectivity index (χ0) is 16.4. The maximum Gasteiger partial charge on any atom is 0.133 e. The van der Waals surface area contributed by atoms with Crippen LogP contribution in [0.25, 0.3) is 11.0 Å². The lowest BCUT2D eigenvalue weighted by atomic mass is 10.2. The summed E-state index contributed by atoms with van der Waals surface area (Å²) in [6, 6.07) is 18.0. The number of hydrogen-bond donors (Lipinski definition) is 1. The molecular weight excluding hydrogens is 298 g/mol. The molecule has 5 heteroatoms. The number of aromatic nitrogens is 4. The summed E-state index contributed by atoms with van der Waals surface area (Å²) in [4.78, 5) is 13.2. The predicted molar refractivity (Wildman–Crippen MR) is 93.3 cm³/mol. The lowest BCUT2D eigenvalue weighted by molar-refractivity contribution is 0.673. The molecule has 1 unspecified atom stereocenters. The highest BCUT2D eigenvalue weighted by molar-refractivity contribution is 5.76. The quantitative estimate of drug-likeness (QED) is 0.628. The molecule has 0 saturated carbocycles. The molecule has 4 aromatic rings. The number of nitrogens with two attached hydrogens (primary N) is 1. The third-order valence-electron chi connectivity index (χ3n) is 4.05. The molecule has 2 N–H and O–H groups in total. The minimum absolute atomic E-state index is 0.421. The van der Waals surface area contributed by atoms with Crippen molar-refractivity contribution in [3.8, 4) is 0 Å². The van der Waals surface area contributed by atoms with Crippen molar-refractivity contribution in [2.75, 3.05) is 0 Å². The fourth-order valence-corrected chi connectivity index (χ4v) is 2.87. The van der Waals surface area contributed by atoms with Crippen molar-refractivity contribution in [1.82, 2.24) is 19.5 Å². The molecule has 118 valence electrons. The first-order valence-electron chi connectivity index (χ1n) is 7.83. The highest BCUT2D eigenvalue weighted by atomic mass is 15.1. The van der Waals surface area contributed by atoms with Gasteiger partial charge in [-0.2, -0.15) is 0 Å². The van der Waals surface area contributed by atoms with E-state index in [1.165, 1.54) is 5.56 Å². The normalized spacial score (nSPS) is 12.4. The van der Waals surface area contributed by atoms with Crippen molar-refractivity contribution < 1.29 is 0 Å². The van der Waals surface area contributed by atoms with Crippen LogP contribution in [0.3, 0.4) is 0 Å². The Morgan fingerprint density at radius 3 is 2.54 bits per heavy atom. The Kier molecular flexibility index (Phi) is 3.76. The fourth-order valence-electron chi connectivity index (χ4n) is 2.87. The second kappa shape index (κ2) is 6.22. The second-order valence-electron chi connectivity index (χ2n) is 5.64. The van der Waals surface area contributed by atoms with Gasteiger partial charge in [-0.25, -0.2) is 4.98 Å². The number of imidazole rings is 1. The van der Waals surface area contributed by atoms with Crippen LogP contribution in [0.15, 0.2) is 73.2 Å². The van der Waals surface area contributed by atoms with E-state index in [1.54, 1.807) is 18.6 Å². The molecule has 0 radical (unpaired) electrons. The summed E-state index contributed by atoms with van der Waals surface area (Å²) < 4.78 is 2.16. The molecule has 0 saturated heterocycles. The van der Waals surface area contributed by atoms with Gasteiger partial charge in [-0.15, -0.1) is 0 Å². The van der Waals surface area contributed by atoms with Gasteiger partial charge in [0.15, 0.2) is 0 Å². The third kappa shape index (κ3) is 2.66. The standard InChI is InChI=1S/C19H17N5/c20-18(16-12-21-10-11-22-16)19-23-15-8-4-5-9-17(15)24(19)13-14-6-2-1-3-7-14/h1-12,18H,13,20H2. The highest BCUT2D eigenvalue weighted by Gasteiger charge is 2.19. The van der Waals surface area contributed by atoms with Crippen molar-refractivity contribution in [1.29, 1.82) is 0 Å². The Morgan fingerprint density at radius 2 is 1.75 bits per heavy atom. The predicted octanol–water partition coefficient (Wildman–Crippen LogP) is 2.92. The summed E-state index contributed by atoms with van der Waals surface area (Å²) in [7, 11) is 0. The van der Waals surface area contributed by atoms with Gasteiger partial charge in [0.05, 0.1) is 22.9 Å². The van der Waals surface area contributed by atoms with E-state index in [0.29, 0.717) is 12.2 Å². The van der Waals surface area contributed by atoms with E-state index in [9.17, 15) is 0 Å². The van der Waals surface area contributed by atoms with E-state index in [2.05, 4.69) is 32.7 Å². The van der Waals surface area contributed by atoms with Crippen molar-refractivity contribution in [3.05, 3.63) is 90.3 Å². The molecule has 24 heavy (non-hydrogen) atoms. The zero-order valence-corrected chi connectivity index (χ0v) is 13.1. The Bertz CT molecular complexity index is 947. The monoisotopic (exact) mass is 315 g/mol. The van der Waals surface area contributed by atoms with E-state index < -0.39 is 6.04 Å². The van der Waals surface area contributed by atoms with Crippen molar-refractivity contribution in [2.45, 2.75) is 12.6 Å². The number of nitrogens with zero attached hydrogens (tertiary/aromatic N) is 4. The first kappa shape index (κ1) is 14.5. The Balaban J connectivity index is 1.84. The number of fused-ring (bicyclic) bond motifs is 1. The third-order valence-corrected chi connectivity index (χ3v) is 4.05. The number of benzene rings is 2. The van der Waals surface area contributed by atoms with Gasteiger partial charge in [0.25, 0.3) is 0 Å². The summed E-state index contributed by atoms with van der Waals surface area (Å²) in [6.45, 7) is 0.713. The number of rotatable bonds is 4. The highest BCUT2D eigenvalue weighted by Crippen LogP contribution is 2.24. The van der Waals surface area contributed by atoms with Gasteiger partial charge in [-0.05, 0) is 17.7 Å². The van der Waals surface area contributed by atoms with E-state index in [-0.39, 0.29) is 0 Å². The van der Waals surface area contributed by atoms with Crippen LogP contribution in [-0.2, 0) is 6.54 Å². The lowest BCUT2D eigenvalue weighted by Gasteiger charge is -2.14. The molecule has 0 aliphatic rings. The van der Waals surface area contributed by atoms with Gasteiger partial charge < -0.3 is 10.3 Å². The summed E-state index contributed by atoms with van der Waals surface area (Å²) in [5.74, 6) is 0.792. The maximum absolute atomic E-state index is 6.45. The zero-order valence-electron chi connectivity index (χ0n) is 13.1. The summed E-state index contributed by atoms with van der Waals surface area (Å²) in [6.07, 6.45) is 4.99. The van der Waals surface area contributed by atoms with E-state index in [0.717, 1.165) is 16.9 Å². The minimum atomic E-state index is -0.421. The van der Waals surface area contributed by atoms with Crippen LogP contribution >= 0.6 is 0 Å². The lowest BCUT2D eigenvalue weighted by Crippen LogP contribution is -2.19. The molecule has 0 aliphatic carbocycles. The Morgan fingerprint density at radius 1 is 0.958 bits per heavy atom. The second-order valence-corrected chi connectivity index (χ2v) is 5.64. The van der Waals surface area contributed by atoms with E-state index in [4.69, 9.17) is 10.7 Å². The molecule has 0 spiro atoms. The SMILES string of the molecule is NC(c1cnccn1)c1nc2ccccc2n1Cc1ccccc1. The van der Waals surface area contributed by atoms with Crippen molar-refractivity contribution in [2.24, 2.45) is 5.73 Å². The molecule has 1 atom stereocenters. The average molecular weight is 315 g/mol. The van der Waals surface area contributed by atoms with Crippen LogP contribution in [0.2, 0.25) is 0 Å². The minimum Gasteiger partial charge on any atom is -0.322 e. The van der Waals surface area contributed by atoms with Crippen LogP contribution in [0.1, 0.15) is 23.1 Å². The molecular formula is C19H17N5. The molecule has 2 aromatic carbocycles. The van der Waals surface area contributed by atoms with Crippen molar-refractivity contribution >= 4 is 11.0 Å². The molecule has 0 fully saturated rings. The van der Waals surface area contributed by atoms with Gasteiger partial charge in [0, 0.05) is 18.9 Å². The summed E-state index contributed by atoms with van der Waals surface area (Å²) >= 11 is 0. The maximum atomic E-state index is 6.45. The average Bonchev–Trinajstić information content (AvgIpc) is 3.01. The fraction of sp³-hybridized carbons (Fsp3) is 0.105. The largest absolute Gasteiger partial charge is 0.322 e. The van der Waals surface area contributed by atoms with Gasteiger partial charge in [0.1, 0.15) is 11.9 Å². The molecule has 2 heterocycles. The van der Waals surface area contributed by atoms with Crippen LogP contribution in [0.4, 0.5) is 0 Å². The van der Waals surface area contributed by atoms with Crippen LogP contribution < -0.4 is 5.73 Å². The van der Waals surface area contributed by atoms with Crippen LogP contribution in [0.5, 0.6) is 0 Å². The first-order chi connectivity index (χ1) is 11.8. The van der Waals surface area contributed by atoms with Gasteiger partial charge in [-0.1, -0.05) is 42.5 Å². The molecule has 0 amide bonds. The molecule has 4 rings (SSSR count). The van der Waals surface area contributed by atoms with Crippen LogP contribution in [0, 0.1) is 0 Å². The number of hydrogen-bond acceptors (Lipinski definition) is 4. The van der Waals surface area contributed by atoms with E-state index in [1.807, 2.05) is 36.4 Å².